The molecule has 1 fully saturated rings. The summed E-state index contributed by atoms with van der Waals surface area (Å²) < 4.78 is 41.4. The number of halogens is 4. The Hall–Kier alpha value is -1.85. The van der Waals surface area contributed by atoms with Crippen LogP contribution in [-0.4, -0.2) is 40.4 Å². The van der Waals surface area contributed by atoms with Gasteiger partial charge in [0.2, 0.25) is 0 Å². The van der Waals surface area contributed by atoms with E-state index in [9.17, 15) is 13.2 Å². The summed E-state index contributed by atoms with van der Waals surface area (Å²) in [5.74, 6) is 2.45. The topological polar surface area (TPSA) is 67.1 Å². The average Bonchev–Trinajstić information content (AvgIpc) is 3.05. The van der Waals surface area contributed by atoms with Crippen LogP contribution in [0.4, 0.5) is 13.2 Å². The quantitative estimate of drug-likeness (QED) is 0.347. The highest BCUT2D eigenvalue weighted by atomic mass is 127. The number of benzene rings is 1. The van der Waals surface area contributed by atoms with Gasteiger partial charge in [0, 0.05) is 31.5 Å². The van der Waals surface area contributed by atoms with Gasteiger partial charge < -0.3 is 10.6 Å². The molecule has 1 aliphatic carbocycles. The van der Waals surface area contributed by atoms with Crippen molar-refractivity contribution in [2.45, 2.75) is 63.2 Å². The summed E-state index contributed by atoms with van der Waals surface area (Å²) in [5.41, 5.74) is -0.136. The molecule has 1 aliphatic heterocycles. The highest BCUT2D eigenvalue weighted by Crippen LogP contribution is 2.44. The maximum Gasteiger partial charge on any atom is 0.416 e. The minimum absolute atomic E-state index is 0. The predicted molar refractivity (Wildman–Crippen MR) is 124 cm³/mol. The van der Waals surface area contributed by atoms with E-state index >= 15 is 0 Å². The van der Waals surface area contributed by atoms with Crippen LogP contribution >= 0.6 is 24.0 Å². The summed E-state index contributed by atoms with van der Waals surface area (Å²) in [6.45, 7) is 3.16. The monoisotopic (exact) mass is 548 g/mol. The van der Waals surface area contributed by atoms with E-state index in [1.165, 1.54) is 12.1 Å². The minimum atomic E-state index is -4.33. The number of aryl methyl sites for hydroxylation is 2. The van der Waals surface area contributed by atoms with Gasteiger partial charge in [0.15, 0.2) is 5.96 Å². The number of alkyl halides is 3. The van der Waals surface area contributed by atoms with E-state index < -0.39 is 11.7 Å². The fourth-order valence-electron chi connectivity index (χ4n) is 4.39. The van der Waals surface area contributed by atoms with Gasteiger partial charge >= 0.3 is 6.18 Å². The Morgan fingerprint density at radius 2 is 2.10 bits per heavy atom. The molecule has 10 heteroatoms. The lowest BCUT2D eigenvalue weighted by molar-refractivity contribution is -0.137. The normalized spacial score (nSPS) is 20.3. The van der Waals surface area contributed by atoms with Gasteiger partial charge in [0.1, 0.15) is 11.6 Å². The summed E-state index contributed by atoms with van der Waals surface area (Å²) in [5, 5.41) is 11.2. The van der Waals surface area contributed by atoms with Crippen molar-refractivity contribution in [2.24, 2.45) is 4.99 Å². The second-order valence-corrected chi connectivity index (χ2v) is 8.28. The first-order chi connectivity index (χ1) is 14.3. The summed E-state index contributed by atoms with van der Waals surface area (Å²) in [7, 11) is 1.71. The number of nitrogens with zero attached hydrogens (tertiary/aromatic N) is 4. The molecule has 2 N–H and O–H groups in total. The molecule has 170 valence electrons. The van der Waals surface area contributed by atoms with Crippen molar-refractivity contribution in [1.82, 2.24) is 25.4 Å². The molecule has 1 unspecified atom stereocenters. The lowest BCUT2D eigenvalue weighted by Gasteiger charge is -2.43. The lowest BCUT2D eigenvalue weighted by atomic mass is 9.64. The molecule has 1 aromatic heterocycles. The van der Waals surface area contributed by atoms with Gasteiger partial charge in [-0.2, -0.15) is 18.3 Å². The molecule has 0 bridgehead atoms. The Labute approximate surface area is 197 Å². The van der Waals surface area contributed by atoms with Gasteiger partial charge in [-0.25, -0.2) is 9.67 Å². The first-order valence-corrected chi connectivity index (χ1v) is 10.3. The molecular formula is C21H28F3IN6. The van der Waals surface area contributed by atoms with Crippen LogP contribution in [0.1, 0.15) is 48.5 Å². The van der Waals surface area contributed by atoms with Crippen molar-refractivity contribution < 1.29 is 13.2 Å². The molecule has 1 aromatic carbocycles. The Morgan fingerprint density at radius 3 is 2.74 bits per heavy atom. The van der Waals surface area contributed by atoms with Crippen LogP contribution in [0.25, 0.3) is 0 Å². The zero-order valence-corrected chi connectivity index (χ0v) is 20.0. The fourth-order valence-corrected chi connectivity index (χ4v) is 4.39. The zero-order chi connectivity index (χ0) is 21.4. The number of hydrogen-bond acceptors (Lipinski definition) is 3. The van der Waals surface area contributed by atoms with Gasteiger partial charge in [-0.1, -0.05) is 24.6 Å². The fraction of sp³-hybridized carbons (Fsp3) is 0.571. The number of fused-ring (bicyclic) bond motifs is 1. The molecule has 0 saturated heterocycles. The molecule has 2 aromatic rings. The number of aromatic nitrogens is 3. The van der Waals surface area contributed by atoms with E-state index in [-0.39, 0.29) is 35.4 Å². The SMILES string of the molecule is CN=C(NCC1(c2cccc(C(F)(F)F)c2)CCC1)NC1CCc2nc(C)nn2C1.I. The Bertz CT molecular complexity index is 935. The van der Waals surface area contributed by atoms with Gasteiger partial charge in [0.25, 0.3) is 0 Å². The molecule has 0 spiro atoms. The number of rotatable bonds is 4. The second kappa shape index (κ2) is 9.33. The number of hydrogen-bond donors (Lipinski definition) is 2. The number of nitrogens with one attached hydrogen (secondary N) is 2. The highest BCUT2D eigenvalue weighted by Gasteiger charge is 2.40. The van der Waals surface area contributed by atoms with Crippen LogP contribution in [0.5, 0.6) is 0 Å². The summed E-state index contributed by atoms with van der Waals surface area (Å²) in [6, 6.07) is 5.92. The Morgan fingerprint density at radius 1 is 1.32 bits per heavy atom. The highest BCUT2D eigenvalue weighted by molar-refractivity contribution is 14.0. The van der Waals surface area contributed by atoms with Gasteiger partial charge in [-0.3, -0.25) is 4.99 Å². The van der Waals surface area contributed by atoms with E-state index in [0.29, 0.717) is 12.5 Å². The van der Waals surface area contributed by atoms with Crippen molar-refractivity contribution in [1.29, 1.82) is 0 Å². The summed E-state index contributed by atoms with van der Waals surface area (Å²) >= 11 is 0. The van der Waals surface area contributed by atoms with Crippen LogP contribution in [0.15, 0.2) is 29.3 Å². The smallest absolute Gasteiger partial charge is 0.356 e. The van der Waals surface area contributed by atoms with Crippen molar-refractivity contribution >= 4 is 29.9 Å². The van der Waals surface area contributed by atoms with Crippen LogP contribution < -0.4 is 10.6 Å². The van der Waals surface area contributed by atoms with Crippen molar-refractivity contribution in [3.63, 3.8) is 0 Å². The van der Waals surface area contributed by atoms with E-state index in [1.54, 1.807) is 7.05 Å². The van der Waals surface area contributed by atoms with Gasteiger partial charge in [0.05, 0.1) is 12.1 Å². The predicted octanol–water partition coefficient (Wildman–Crippen LogP) is 3.83. The van der Waals surface area contributed by atoms with Crippen LogP contribution in [0.2, 0.25) is 0 Å². The third-order valence-electron chi connectivity index (χ3n) is 6.24. The standard InChI is InChI=1S/C21H27F3N6.HI/c1-14-27-18-8-7-17(12-30(18)29-14)28-19(25-2)26-13-20(9-4-10-20)15-5-3-6-16(11-15)21(22,23)24;/h3,5-6,11,17H,4,7-10,12-13H2,1-2H3,(H2,25,26,28);1H. The summed E-state index contributed by atoms with van der Waals surface area (Å²) in [6.07, 6.45) is 0.195. The molecule has 31 heavy (non-hydrogen) atoms. The zero-order valence-electron chi connectivity index (χ0n) is 17.7. The molecule has 2 heterocycles. The van der Waals surface area contributed by atoms with Crippen LogP contribution in [0, 0.1) is 6.92 Å². The van der Waals surface area contributed by atoms with Crippen LogP contribution in [0.3, 0.4) is 0 Å². The maximum atomic E-state index is 13.2. The average molecular weight is 548 g/mol. The van der Waals surface area contributed by atoms with E-state index in [0.717, 1.165) is 61.9 Å². The van der Waals surface area contributed by atoms with Crippen LogP contribution in [-0.2, 0) is 24.6 Å². The Balaban J connectivity index is 0.00000272. The molecule has 2 aliphatic rings. The minimum Gasteiger partial charge on any atom is -0.356 e. The van der Waals surface area contributed by atoms with Crippen molar-refractivity contribution in [3.8, 4) is 0 Å². The van der Waals surface area contributed by atoms with E-state index in [1.807, 2.05) is 17.7 Å². The van der Waals surface area contributed by atoms with E-state index in [2.05, 4.69) is 25.7 Å². The van der Waals surface area contributed by atoms with Crippen molar-refractivity contribution in [2.75, 3.05) is 13.6 Å². The molecule has 0 amide bonds. The van der Waals surface area contributed by atoms with E-state index in [4.69, 9.17) is 0 Å². The molecule has 1 atom stereocenters. The molecule has 4 rings (SSSR count). The first kappa shape index (κ1) is 23.8. The third-order valence-corrected chi connectivity index (χ3v) is 6.24. The lowest BCUT2D eigenvalue weighted by Crippen LogP contribution is -2.52. The maximum absolute atomic E-state index is 13.2. The molecule has 0 radical (unpaired) electrons. The van der Waals surface area contributed by atoms with Gasteiger partial charge in [-0.15, -0.1) is 24.0 Å². The van der Waals surface area contributed by atoms with Crippen molar-refractivity contribution in [3.05, 3.63) is 47.0 Å². The number of guanidine groups is 1. The third kappa shape index (κ3) is 5.15. The first-order valence-electron chi connectivity index (χ1n) is 10.3. The second-order valence-electron chi connectivity index (χ2n) is 8.28. The van der Waals surface area contributed by atoms with Gasteiger partial charge in [-0.05, 0) is 37.8 Å². The molecular weight excluding hydrogens is 520 g/mol. The number of aliphatic imine (C=N–C) groups is 1. The molecule has 1 saturated carbocycles. The largest absolute Gasteiger partial charge is 0.416 e. The Kier molecular flexibility index (Phi) is 7.17. The molecule has 6 nitrogen and oxygen atoms in total. The summed E-state index contributed by atoms with van der Waals surface area (Å²) in [4.78, 5) is 8.75.